The summed E-state index contributed by atoms with van der Waals surface area (Å²) in [7, 11) is 0. The number of thiophene rings is 1. The zero-order chi connectivity index (χ0) is 14.7. The van der Waals surface area contributed by atoms with Gasteiger partial charge in [0.25, 0.3) is 0 Å². The Labute approximate surface area is 130 Å². The molecular weight excluding hydrogens is 288 g/mol. The summed E-state index contributed by atoms with van der Waals surface area (Å²) in [6, 6.07) is 10.8. The summed E-state index contributed by atoms with van der Waals surface area (Å²) in [6.07, 6.45) is 0. The first kappa shape index (κ1) is 15.4. The van der Waals surface area contributed by atoms with E-state index in [-0.39, 0.29) is 6.04 Å². The Morgan fingerprint density at radius 1 is 1.25 bits per heavy atom. The third-order valence-electron chi connectivity index (χ3n) is 3.34. The third-order valence-corrected chi connectivity index (χ3v) is 4.50. The van der Waals surface area contributed by atoms with E-state index in [2.05, 4.69) is 48.4 Å². The average molecular weight is 309 g/mol. The van der Waals surface area contributed by atoms with Gasteiger partial charge in [-0.1, -0.05) is 23.7 Å². The van der Waals surface area contributed by atoms with Crippen LogP contribution in [0.1, 0.15) is 37.3 Å². The van der Waals surface area contributed by atoms with Crippen LogP contribution in [0, 0.1) is 0 Å². The quantitative estimate of drug-likeness (QED) is 0.856. The van der Waals surface area contributed by atoms with Crippen LogP contribution in [0.2, 0.25) is 5.02 Å². The number of anilines is 1. The number of halogens is 1. The Balaban J connectivity index is 2.30. The second kappa shape index (κ2) is 6.61. The molecule has 0 aliphatic heterocycles. The number of benzene rings is 1. The molecule has 0 aliphatic carbocycles. The monoisotopic (exact) mass is 308 g/mol. The van der Waals surface area contributed by atoms with Crippen molar-refractivity contribution in [1.29, 1.82) is 0 Å². The second-order valence-electron chi connectivity index (χ2n) is 5.30. The summed E-state index contributed by atoms with van der Waals surface area (Å²) < 4.78 is 0. The van der Waals surface area contributed by atoms with Gasteiger partial charge in [-0.3, -0.25) is 0 Å². The Morgan fingerprint density at radius 3 is 2.50 bits per heavy atom. The zero-order valence-corrected chi connectivity index (χ0v) is 13.7. The first-order chi connectivity index (χ1) is 9.49. The highest BCUT2D eigenvalue weighted by Crippen LogP contribution is 2.31. The topological polar surface area (TPSA) is 29.3 Å². The highest BCUT2D eigenvalue weighted by Gasteiger charge is 2.15. The molecule has 0 amide bonds. The third kappa shape index (κ3) is 3.54. The van der Waals surface area contributed by atoms with Crippen LogP contribution in [0.5, 0.6) is 0 Å². The first-order valence-corrected chi connectivity index (χ1v) is 8.09. The van der Waals surface area contributed by atoms with E-state index in [1.165, 1.54) is 4.88 Å². The van der Waals surface area contributed by atoms with Crippen LogP contribution in [0.25, 0.3) is 0 Å². The van der Waals surface area contributed by atoms with Crippen molar-refractivity contribution >= 4 is 28.6 Å². The predicted octanol–water partition coefficient (Wildman–Crippen LogP) is 4.84. The minimum atomic E-state index is 0.00588. The minimum absolute atomic E-state index is 0.00588. The first-order valence-electron chi connectivity index (χ1n) is 6.83. The van der Waals surface area contributed by atoms with Crippen LogP contribution in [-0.4, -0.2) is 6.04 Å². The van der Waals surface area contributed by atoms with Gasteiger partial charge >= 0.3 is 0 Å². The molecule has 1 aromatic carbocycles. The SMILES string of the molecule is CC(N)c1ccc(N(Cc2cccs2)C(C)C)c(Cl)c1. The molecule has 1 unspecified atom stereocenters. The lowest BCUT2D eigenvalue weighted by molar-refractivity contribution is 0.687. The Kier molecular flexibility index (Phi) is 5.08. The lowest BCUT2D eigenvalue weighted by Gasteiger charge is -2.30. The molecule has 2 nitrogen and oxygen atoms in total. The lowest BCUT2D eigenvalue weighted by atomic mass is 10.1. The summed E-state index contributed by atoms with van der Waals surface area (Å²) in [5.41, 5.74) is 8.04. The van der Waals surface area contributed by atoms with Crippen LogP contribution in [0.3, 0.4) is 0 Å². The van der Waals surface area contributed by atoms with Crippen molar-refractivity contribution in [3.63, 3.8) is 0 Å². The van der Waals surface area contributed by atoms with E-state index in [9.17, 15) is 0 Å². The van der Waals surface area contributed by atoms with E-state index in [4.69, 9.17) is 17.3 Å². The molecule has 0 saturated heterocycles. The van der Waals surface area contributed by atoms with Gasteiger partial charge in [-0.2, -0.15) is 0 Å². The van der Waals surface area contributed by atoms with Gasteiger partial charge in [0.1, 0.15) is 0 Å². The molecule has 108 valence electrons. The molecule has 2 N–H and O–H groups in total. The molecule has 0 aliphatic rings. The highest BCUT2D eigenvalue weighted by molar-refractivity contribution is 7.09. The molecule has 1 atom stereocenters. The summed E-state index contributed by atoms with van der Waals surface area (Å²) in [6.45, 7) is 7.22. The van der Waals surface area contributed by atoms with Gasteiger partial charge in [0.2, 0.25) is 0 Å². The number of rotatable bonds is 5. The van der Waals surface area contributed by atoms with E-state index in [1.807, 2.05) is 13.0 Å². The van der Waals surface area contributed by atoms with E-state index in [1.54, 1.807) is 11.3 Å². The van der Waals surface area contributed by atoms with Gasteiger partial charge in [0.05, 0.1) is 17.3 Å². The fourth-order valence-electron chi connectivity index (χ4n) is 2.16. The lowest BCUT2D eigenvalue weighted by Crippen LogP contribution is -2.30. The molecule has 0 spiro atoms. The molecular formula is C16H21ClN2S. The van der Waals surface area contributed by atoms with Crippen molar-refractivity contribution in [2.75, 3.05) is 4.90 Å². The van der Waals surface area contributed by atoms with E-state index in [0.717, 1.165) is 22.8 Å². The van der Waals surface area contributed by atoms with Crippen LogP contribution >= 0.6 is 22.9 Å². The van der Waals surface area contributed by atoms with Crippen LogP contribution in [0.15, 0.2) is 35.7 Å². The molecule has 2 aromatic rings. The number of hydrogen-bond donors (Lipinski definition) is 1. The zero-order valence-electron chi connectivity index (χ0n) is 12.1. The minimum Gasteiger partial charge on any atom is -0.363 e. The van der Waals surface area contributed by atoms with Crippen molar-refractivity contribution in [3.8, 4) is 0 Å². The van der Waals surface area contributed by atoms with Crippen molar-refractivity contribution in [2.24, 2.45) is 5.73 Å². The Hall–Kier alpha value is -1.03. The normalized spacial score (nSPS) is 12.7. The van der Waals surface area contributed by atoms with Gasteiger partial charge in [-0.15, -0.1) is 11.3 Å². The maximum absolute atomic E-state index is 6.46. The largest absolute Gasteiger partial charge is 0.363 e. The Morgan fingerprint density at radius 2 is 2.00 bits per heavy atom. The van der Waals surface area contributed by atoms with E-state index >= 15 is 0 Å². The molecule has 0 radical (unpaired) electrons. The van der Waals surface area contributed by atoms with E-state index < -0.39 is 0 Å². The van der Waals surface area contributed by atoms with Crippen LogP contribution in [-0.2, 0) is 6.54 Å². The van der Waals surface area contributed by atoms with Gasteiger partial charge in [0, 0.05) is 17.0 Å². The van der Waals surface area contributed by atoms with Gasteiger partial charge in [0.15, 0.2) is 0 Å². The number of nitrogens with zero attached hydrogens (tertiary/aromatic N) is 1. The maximum Gasteiger partial charge on any atom is 0.0643 e. The molecule has 20 heavy (non-hydrogen) atoms. The van der Waals surface area contributed by atoms with Crippen molar-refractivity contribution in [3.05, 3.63) is 51.2 Å². The summed E-state index contributed by atoms with van der Waals surface area (Å²) >= 11 is 8.23. The molecule has 0 fully saturated rings. The summed E-state index contributed by atoms with van der Waals surface area (Å²) in [4.78, 5) is 3.66. The van der Waals surface area contributed by atoms with E-state index in [0.29, 0.717) is 6.04 Å². The van der Waals surface area contributed by atoms with Gasteiger partial charge in [-0.05, 0) is 49.9 Å². The second-order valence-corrected chi connectivity index (χ2v) is 6.74. The fraction of sp³-hybridized carbons (Fsp3) is 0.375. The number of nitrogens with two attached hydrogens (primary N) is 1. The van der Waals surface area contributed by atoms with Gasteiger partial charge < -0.3 is 10.6 Å². The maximum atomic E-state index is 6.46. The van der Waals surface area contributed by atoms with Crippen LogP contribution in [0.4, 0.5) is 5.69 Å². The standard InChI is InChI=1S/C16H21ClN2S/c1-11(2)19(10-14-5-4-8-20-14)16-7-6-13(12(3)18)9-15(16)17/h4-9,11-12H,10,18H2,1-3H3. The smallest absolute Gasteiger partial charge is 0.0643 e. The molecule has 0 bridgehead atoms. The Bertz CT molecular complexity index is 550. The van der Waals surface area contributed by atoms with Crippen molar-refractivity contribution < 1.29 is 0 Å². The molecule has 2 rings (SSSR count). The van der Waals surface area contributed by atoms with Gasteiger partial charge in [-0.25, -0.2) is 0 Å². The molecule has 0 saturated carbocycles. The molecule has 1 heterocycles. The molecule has 4 heteroatoms. The predicted molar refractivity (Wildman–Crippen MR) is 89.7 cm³/mol. The average Bonchev–Trinajstić information content (AvgIpc) is 2.89. The number of hydrogen-bond acceptors (Lipinski definition) is 3. The van der Waals surface area contributed by atoms with Crippen LogP contribution < -0.4 is 10.6 Å². The van der Waals surface area contributed by atoms with Crippen molar-refractivity contribution in [1.82, 2.24) is 0 Å². The highest BCUT2D eigenvalue weighted by atomic mass is 35.5. The molecule has 1 aromatic heterocycles. The fourth-order valence-corrected chi connectivity index (χ4v) is 3.16. The summed E-state index contributed by atoms with van der Waals surface area (Å²) in [5, 5.41) is 2.87. The van der Waals surface area contributed by atoms with Crippen molar-refractivity contribution in [2.45, 2.75) is 39.4 Å². The summed E-state index contributed by atoms with van der Waals surface area (Å²) in [5.74, 6) is 0.